The van der Waals surface area contributed by atoms with Crippen molar-refractivity contribution >= 4 is 18.0 Å². The third kappa shape index (κ3) is 10.4. The summed E-state index contributed by atoms with van der Waals surface area (Å²) in [4.78, 5) is 41.5. The van der Waals surface area contributed by atoms with Gasteiger partial charge in [0.1, 0.15) is 12.1 Å². The lowest BCUT2D eigenvalue weighted by Crippen LogP contribution is -2.56. The van der Waals surface area contributed by atoms with Crippen LogP contribution >= 0.6 is 0 Å². The molecule has 0 saturated heterocycles. The number of carbonyl (C=O) groups is 3. The zero-order chi connectivity index (χ0) is 24.4. The highest BCUT2D eigenvalue weighted by Gasteiger charge is 2.39. The summed E-state index contributed by atoms with van der Waals surface area (Å²) in [6, 6.07) is -1.45. The molecular weight excluding hydrogens is 396 g/mol. The van der Waals surface area contributed by atoms with Gasteiger partial charge in [0.25, 0.3) is 0 Å². The van der Waals surface area contributed by atoms with Crippen molar-refractivity contribution in [2.24, 2.45) is 17.3 Å². The lowest BCUT2D eigenvalue weighted by Gasteiger charge is -2.36. The molecule has 2 amide bonds. The van der Waals surface area contributed by atoms with Gasteiger partial charge in [-0.2, -0.15) is 0 Å². The van der Waals surface area contributed by atoms with Crippen molar-refractivity contribution in [3.63, 3.8) is 0 Å². The van der Waals surface area contributed by atoms with Crippen LogP contribution in [0.25, 0.3) is 0 Å². The van der Waals surface area contributed by atoms with Gasteiger partial charge < -0.3 is 14.4 Å². The quantitative estimate of drug-likeness (QED) is 0.322. The second-order valence-electron chi connectivity index (χ2n) is 10.3. The molecule has 0 aromatic heterocycles. The van der Waals surface area contributed by atoms with Crippen LogP contribution in [-0.4, -0.2) is 67.2 Å². The molecule has 0 aliphatic heterocycles. The van der Waals surface area contributed by atoms with Crippen molar-refractivity contribution in [2.45, 2.75) is 93.2 Å². The number of nitrogens with zero attached hydrogens (tertiary/aromatic N) is 2. The minimum Gasteiger partial charge on any atom is -0.464 e. The number of amides is 2. The molecule has 0 saturated carbocycles. The van der Waals surface area contributed by atoms with Crippen LogP contribution in [0.4, 0.5) is 4.79 Å². The molecule has 0 radical (unpaired) electrons. The van der Waals surface area contributed by atoms with Gasteiger partial charge in [-0.05, 0) is 23.7 Å². The number of hydrogen-bond acceptors (Lipinski definition) is 5. The van der Waals surface area contributed by atoms with Gasteiger partial charge in [-0.1, -0.05) is 74.7 Å². The van der Waals surface area contributed by atoms with Gasteiger partial charge in [-0.25, -0.2) is 9.59 Å². The zero-order valence-electron chi connectivity index (χ0n) is 21.5. The van der Waals surface area contributed by atoms with E-state index in [1.807, 2.05) is 48.5 Å². The molecule has 7 nitrogen and oxygen atoms in total. The average Bonchev–Trinajstić information content (AvgIpc) is 2.64. The van der Waals surface area contributed by atoms with Crippen molar-refractivity contribution in [1.29, 1.82) is 0 Å². The first-order valence-corrected chi connectivity index (χ1v) is 11.6. The molecule has 182 valence electrons. The minimum absolute atomic E-state index is 0.122. The Bertz CT molecular complexity index is 569. The van der Waals surface area contributed by atoms with Crippen molar-refractivity contribution in [3.05, 3.63) is 0 Å². The van der Waals surface area contributed by atoms with E-state index in [9.17, 15) is 14.4 Å². The Kier molecular flexibility index (Phi) is 12.8. The summed E-state index contributed by atoms with van der Waals surface area (Å²) in [6.07, 6.45) is 3.51. The first-order valence-electron chi connectivity index (χ1n) is 11.6. The molecule has 0 spiro atoms. The maximum Gasteiger partial charge on any atom is 0.410 e. The maximum atomic E-state index is 13.4. The number of unbranched alkanes of at least 4 members (excludes halogenated alkanes) is 3. The van der Waals surface area contributed by atoms with E-state index in [0.29, 0.717) is 6.61 Å². The molecule has 31 heavy (non-hydrogen) atoms. The summed E-state index contributed by atoms with van der Waals surface area (Å²) in [5, 5.41) is 0. The Morgan fingerprint density at radius 2 is 1.35 bits per heavy atom. The van der Waals surface area contributed by atoms with Gasteiger partial charge in [0.2, 0.25) is 5.91 Å². The number of likely N-dealkylation sites (N-methyl/N-ethyl adjacent to an activating group) is 2. The van der Waals surface area contributed by atoms with E-state index in [2.05, 4.69) is 6.92 Å². The van der Waals surface area contributed by atoms with E-state index in [4.69, 9.17) is 9.47 Å². The van der Waals surface area contributed by atoms with Crippen LogP contribution in [0.3, 0.4) is 0 Å². The second kappa shape index (κ2) is 13.6. The highest BCUT2D eigenvalue weighted by molar-refractivity contribution is 5.89. The van der Waals surface area contributed by atoms with E-state index < -0.39 is 24.1 Å². The van der Waals surface area contributed by atoms with Gasteiger partial charge in [0, 0.05) is 14.1 Å². The van der Waals surface area contributed by atoms with Gasteiger partial charge in [0.15, 0.2) is 0 Å². The van der Waals surface area contributed by atoms with Gasteiger partial charge in [0.05, 0.1) is 13.2 Å². The van der Waals surface area contributed by atoms with E-state index in [0.717, 1.165) is 25.7 Å². The maximum absolute atomic E-state index is 13.4. The summed E-state index contributed by atoms with van der Waals surface area (Å²) in [5.41, 5.74) is -0.172. The Morgan fingerprint density at radius 3 is 1.81 bits per heavy atom. The van der Waals surface area contributed by atoms with E-state index >= 15 is 0 Å². The van der Waals surface area contributed by atoms with Crippen LogP contribution in [0.15, 0.2) is 0 Å². The van der Waals surface area contributed by atoms with Gasteiger partial charge in [-0.15, -0.1) is 0 Å². The lowest BCUT2D eigenvalue weighted by atomic mass is 9.97. The first-order chi connectivity index (χ1) is 14.2. The van der Waals surface area contributed by atoms with Crippen LogP contribution in [0.1, 0.15) is 81.1 Å². The van der Waals surface area contributed by atoms with Gasteiger partial charge in [-0.3, -0.25) is 9.69 Å². The van der Waals surface area contributed by atoms with Crippen LogP contribution in [0, 0.1) is 17.3 Å². The topological polar surface area (TPSA) is 76.2 Å². The molecule has 0 aromatic rings. The fourth-order valence-corrected chi connectivity index (χ4v) is 3.40. The first kappa shape index (κ1) is 29.2. The summed E-state index contributed by atoms with van der Waals surface area (Å²) in [7, 11) is 3.17. The molecule has 0 heterocycles. The second-order valence-corrected chi connectivity index (χ2v) is 10.3. The Labute approximate surface area is 189 Å². The molecule has 2 unspecified atom stereocenters. The number of rotatable bonds is 12. The lowest BCUT2D eigenvalue weighted by molar-refractivity contribution is -0.158. The van der Waals surface area contributed by atoms with Crippen LogP contribution in [0.2, 0.25) is 0 Å². The largest absolute Gasteiger partial charge is 0.464 e. The minimum atomic E-state index is -0.740. The highest BCUT2D eigenvalue weighted by Crippen LogP contribution is 2.20. The third-order valence-electron chi connectivity index (χ3n) is 5.10. The standard InChI is InChI=1S/C24H46N2O5/c1-11-12-13-14-15-30-22(28)20(18(4)5)25(9)21(27)19(17(2)3)26(10)23(29)31-16-24(6,7)8/h17-20H,11-16H2,1-10H3. The van der Waals surface area contributed by atoms with Crippen LogP contribution < -0.4 is 0 Å². The highest BCUT2D eigenvalue weighted by atomic mass is 16.6. The Hall–Kier alpha value is -1.79. The Morgan fingerprint density at radius 1 is 0.806 bits per heavy atom. The van der Waals surface area contributed by atoms with E-state index in [1.54, 1.807) is 14.1 Å². The Balaban J connectivity index is 5.30. The van der Waals surface area contributed by atoms with Crippen molar-refractivity contribution in [3.8, 4) is 0 Å². The summed E-state index contributed by atoms with van der Waals surface area (Å²) in [5.74, 6) is -0.974. The summed E-state index contributed by atoms with van der Waals surface area (Å²) in [6.45, 7) is 16.2. The SMILES string of the molecule is CCCCCCOC(=O)C(C(C)C)N(C)C(=O)C(C(C)C)N(C)C(=O)OCC(C)(C)C. The molecule has 0 aromatic carbocycles. The predicted octanol–water partition coefficient (Wildman–Crippen LogP) is 4.73. The van der Waals surface area contributed by atoms with Crippen LogP contribution in [0.5, 0.6) is 0 Å². The molecule has 0 aliphatic rings. The molecular formula is C24H46N2O5. The molecule has 2 atom stereocenters. The van der Waals surface area contributed by atoms with Crippen molar-refractivity contribution in [1.82, 2.24) is 9.80 Å². The van der Waals surface area contributed by atoms with Crippen molar-refractivity contribution in [2.75, 3.05) is 27.3 Å². The number of ether oxygens (including phenoxy) is 2. The molecule has 7 heteroatoms. The third-order valence-corrected chi connectivity index (χ3v) is 5.10. The summed E-state index contributed by atoms with van der Waals surface area (Å²) >= 11 is 0. The average molecular weight is 443 g/mol. The predicted molar refractivity (Wildman–Crippen MR) is 124 cm³/mol. The number of esters is 1. The monoisotopic (exact) mass is 442 g/mol. The normalized spacial score (nSPS) is 13.7. The van der Waals surface area contributed by atoms with Crippen molar-refractivity contribution < 1.29 is 23.9 Å². The fraction of sp³-hybridized carbons (Fsp3) is 0.875. The fourth-order valence-electron chi connectivity index (χ4n) is 3.40. The van der Waals surface area contributed by atoms with Crippen LogP contribution in [-0.2, 0) is 19.1 Å². The smallest absolute Gasteiger partial charge is 0.410 e. The van der Waals surface area contributed by atoms with Gasteiger partial charge >= 0.3 is 12.1 Å². The molecule has 0 fully saturated rings. The molecule has 0 rings (SSSR count). The number of hydrogen-bond donors (Lipinski definition) is 0. The molecule has 0 aliphatic carbocycles. The molecule has 0 bridgehead atoms. The molecule has 0 N–H and O–H groups in total. The van der Waals surface area contributed by atoms with E-state index in [-0.39, 0.29) is 29.8 Å². The number of carbonyl (C=O) groups excluding carboxylic acids is 3. The van der Waals surface area contributed by atoms with E-state index in [1.165, 1.54) is 9.80 Å². The zero-order valence-corrected chi connectivity index (χ0v) is 21.5. The summed E-state index contributed by atoms with van der Waals surface area (Å²) < 4.78 is 10.9.